The maximum absolute atomic E-state index is 10.8. The molecule has 0 aliphatic carbocycles. The number of carbonyl (C=O) groups excluding carboxylic acids is 6. The Morgan fingerprint density at radius 3 is 0.559 bits per heavy atom. The van der Waals surface area contributed by atoms with Gasteiger partial charge in [0, 0.05) is 0 Å². The average Bonchev–Trinajstić information content (AvgIpc) is 2.39. The number of carboxylic acids is 3. The van der Waals surface area contributed by atoms with E-state index in [-0.39, 0.29) is 34.4 Å². The number of carbonyl (C=O) groups is 6. The van der Waals surface area contributed by atoms with Gasteiger partial charge in [-0.15, -0.1) is 0 Å². The minimum Gasteiger partial charge on any atom is -0.549 e. The number of carboxylic acid groups (broad SMARTS) is 3. The van der Waals surface area contributed by atoms with E-state index in [2.05, 4.69) is 0 Å². The Labute approximate surface area is 213 Å². The number of rotatable bonds is 6. The van der Waals surface area contributed by atoms with Crippen LogP contribution in [-0.2, 0) is 45.8 Å². The number of hydrogen-bond acceptors (Lipinski definition) is 9. The van der Waals surface area contributed by atoms with Crippen LogP contribution in [0.25, 0.3) is 0 Å². The fourth-order valence-electron chi connectivity index (χ4n) is 3.39. The molecule has 0 bridgehead atoms. The minimum atomic E-state index is -1.29. The van der Waals surface area contributed by atoms with Crippen LogP contribution in [0.1, 0.15) is 83.1 Å². The molecule has 3 atom stereocenters. The molecule has 0 aromatic heterocycles. The van der Waals surface area contributed by atoms with Crippen molar-refractivity contribution in [2.45, 2.75) is 83.1 Å². The summed E-state index contributed by atoms with van der Waals surface area (Å²) in [6, 6.07) is 0. The molecule has 9 nitrogen and oxygen atoms in total. The van der Waals surface area contributed by atoms with Gasteiger partial charge in [-0.05, 0) is 37.0 Å². The van der Waals surface area contributed by atoms with Gasteiger partial charge in [0.15, 0.2) is 0 Å². The Morgan fingerprint density at radius 2 is 0.559 bits per heavy atom. The molecule has 0 aliphatic heterocycles. The van der Waals surface area contributed by atoms with Gasteiger partial charge in [-0.25, -0.2) is 0 Å². The summed E-state index contributed by atoms with van der Waals surface area (Å²) in [4.78, 5) is 63.8. The van der Waals surface area contributed by atoms with E-state index in [0.29, 0.717) is 0 Å². The number of hydrogen-bond donors (Lipinski definition) is 0. The molecular formula is C24H39FeO9. The van der Waals surface area contributed by atoms with Crippen LogP contribution in [0, 0.1) is 34.0 Å². The zero-order chi connectivity index (χ0) is 27.7. The van der Waals surface area contributed by atoms with Crippen LogP contribution in [-0.4, -0.2) is 35.3 Å². The van der Waals surface area contributed by atoms with Crippen molar-refractivity contribution in [2.24, 2.45) is 34.0 Å². The van der Waals surface area contributed by atoms with Crippen molar-refractivity contribution < 1.29 is 61.2 Å². The Balaban J connectivity index is -0.000000196. The zero-order valence-corrected chi connectivity index (χ0v) is 23.4. The molecule has 0 saturated heterocycles. The fourth-order valence-corrected chi connectivity index (χ4v) is 3.39. The molecule has 0 heterocycles. The number of ketones is 3. The van der Waals surface area contributed by atoms with Gasteiger partial charge in [0.1, 0.15) is 17.3 Å². The van der Waals surface area contributed by atoms with Crippen LogP contribution in [0.5, 0.6) is 0 Å². The molecular weight excluding hydrogens is 488 g/mol. The van der Waals surface area contributed by atoms with E-state index >= 15 is 0 Å². The third-order valence-electron chi connectivity index (χ3n) is 4.52. The molecule has 3 unspecified atom stereocenters. The SMILES string of the molecule is CC(=O)C(C(=O)[O-])C(C)(C)C.CC(=O)C(C(=O)[O-])C(C)(C)C.CC(=O)C(C(=O)[O-])C(C)(C)C.[Fe+3]. The van der Waals surface area contributed by atoms with E-state index in [9.17, 15) is 44.1 Å². The third-order valence-corrected chi connectivity index (χ3v) is 4.52. The van der Waals surface area contributed by atoms with E-state index in [1.165, 1.54) is 20.8 Å². The first-order chi connectivity index (χ1) is 14.3. The van der Waals surface area contributed by atoms with E-state index in [1.807, 2.05) is 0 Å². The molecule has 0 aromatic rings. The molecule has 0 aliphatic rings. The molecule has 0 saturated carbocycles. The van der Waals surface area contributed by atoms with E-state index in [1.54, 1.807) is 62.3 Å². The molecule has 0 fully saturated rings. The van der Waals surface area contributed by atoms with Crippen molar-refractivity contribution in [3.8, 4) is 0 Å². The topological polar surface area (TPSA) is 172 Å². The first kappa shape index (κ1) is 39.2. The third kappa shape index (κ3) is 15.7. The molecule has 0 N–H and O–H groups in total. The summed E-state index contributed by atoms with van der Waals surface area (Å²) in [5, 5.41) is 31.4. The molecule has 0 rings (SSSR count). The van der Waals surface area contributed by atoms with Crippen LogP contribution in [0.4, 0.5) is 0 Å². The van der Waals surface area contributed by atoms with E-state index in [4.69, 9.17) is 0 Å². The summed E-state index contributed by atoms with van der Waals surface area (Å²) in [6.07, 6.45) is 0. The van der Waals surface area contributed by atoms with Crippen molar-refractivity contribution in [3.05, 3.63) is 0 Å². The molecule has 34 heavy (non-hydrogen) atoms. The van der Waals surface area contributed by atoms with Crippen molar-refractivity contribution in [1.82, 2.24) is 0 Å². The smallest absolute Gasteiger partial charge is 0.549 e. The van der Waals surface area contributed by atoms with Gasteiger partial charge in [0.25, 0.3) is 0 Å². The second-order valence-corrected chi connectivity index (χ2v) is 11.2. The Hall–Kier alpha value is -2.06. The summed E-state index contributed by atoms with van der Waals surface area (Å²) in [5.41, 5.74) is -1.65. The molecule has 0 aromatic carbocycles. The molecule has 1 radical (unpaired) electrons. The number of Topliss-reactive ketones (excluding diaryl/α,β-unsaturated/α-hetero) is 3. The Kier molecular flexibility index (Phi) is 17.3. The number of aliphatic carboxylic acids is 3. The minimum absolute atomic E-state index is 0. The summed E-state index contributed by atoms with van der Waals surface area (Å²) in [7, 11) is 0. The van der Waals surface area contributed by atoms with Gasteiger partial charge < -0.3 is 29.7 Å². The van der Waals surface area contributed by atoms with Crippen molar-refractivity contribution in [1.29, 1.82) is 0 Å². The molecule has 10 heteroatoms. The second kappa shape index (κ2) is 15.0. The maximum atomic E-state index is 10.8. The summed E-state index contributed by atoms with van der Waals surface area (Å²) >= 11 is 0. The van der Waals surface area contributed by atoms with Gasteiger partial charge in [-0.2, -0.15) is 0 Å². The largest absolute Gasteiger partial charge is 3.00 e. The first-order valence-corrected chi connectivity index (χ1v) is 10.4. The first-order valence-electron chi connectivity index (χ1n) is 10.4. The van der Waals surface area contributed by atoms with Crippen LogP contribution >= 0.6 is 0 Å². The van der Waals surface area contributed by atoms with Crippen LogP contribution in [0.2, 0.25) is 0 Å². The van der Waals surface area contributed by atoms with Crippen molar-refractivity contribution in [2.75, 3.05) is 0 Å². The fraction of sp³-hybridized carbons (Fsp3) is 0.750. The average molecular weight is 527 g/mol. The maximum Gasteiger partial charge on any atom is 3.00 e. The van der Waals surface area contributed by atoms with E-state index in [0.717, 1.165) is 0 Å². The van der Waals surface area contributed by atoms with Crippen molar-refractivity contribution >= 4 is 35.3 Å². The van der Waals surface area contributed by atoms with Gasteiger partial charge in [0.2, 0.25) is 0 Å². The van der Waals surface area contributed by atoms with Crippen LogP contribution in [0.15, 0.2) is 0 Å². The summed E-state index contributed by atoms with van der Waals surface area (Å²) < 4.78 is 0. The quantitative estimate of drug-likeness (QED) is 0.339. The predicted octanol–water partition coefficient (Wildman–Crippen LogP) is -0.0397. The predicted molar refractivity (Wildman–Crippen MR) is 116 cm³/mol. The molecule has 0 amide bonds. The monoisotopic (exact) mass is 527 g/mol. The van der Waals surface area contributed by atoms with E-state index < -0.39 is 51.9 Å². The Bertz CT molecular complexity index is 593. The van der Waals surface area contributed by atoms with Crippen LogP contribution < -0.4 is 15.3 Å². The molecule has 0 spiro atoms. The summed E-state index contributed by atoms with van der Waals surface area (Å²) in [5.74, 6) is -7.90. The van der Waals surface area contributed by atoms with Gasteiger partial charge in [-0.3, -0.25) is 14.4 Å². The molecule has 197 valence electrons. The Morgan fingerprint density at radius 1 is 0.441 bits per heavy atom. The second-order valence-electron chi connectivity index (χ2n) is 11.2. The normalized spacial score (nSPS) is 13.8. The van der Waals surface area contributed by atoms with Crippen LogP contribution in [0.3, 0.4) is 0 Å². The van der Waals surface area contributed by atoms with Gasteiger partial charge >= 0.3 is 17.1 Å². The van der Waals surface area contributed by atoms with Gasteiger partial charge in [0.05, 0.1) is 35.7 Å². The standard InChI is InChI=1S/3C8H14O3.Fe/c3*1-5(9)6(7(10)11)8(2,3)4;/h3*6H,1-4H3,(H,10,11);/q;;;+3/p-3. The van der Waals surface area contributed by atoms with Gasteiger partial charge in [-0.1, -0.05) is 62.3 Å². The summed E-state index contributed by atoms with van der Waals surface area (Å²) in [6.45, 7) is 19.1. The zero-order valence-electron chi connectivity index (χ0n) is 22.3. The van der Waals surface area contributed by atoms with Crippen molar-refractivity contribution in [3.63, 3.8) is 0 Å².